The van der Waals surface area contributed by atoms with Gasteiger partial charge in [-0.1, -0.05) is 30.3 Å². The zero-order chi connectivity index (χ0) is 18.4. The van der Waals surface area contributed by atoms with Gasteiger partial charge in [0.2, 0.25) is 0 Å². The molecule has 4 heteroatoms. The van der Waals surface area contributed by atoms with E-state index in [1.165, 1.54) is 42.7 Å². The highest BCUT2D eigenvalue weighted by molar-refractivity contribution is 5.56. The molecule has 140 valence electrons. The van der Waals surface area contributed by atoms with Crippen LogP contribution in [0, 0.1) is 0 Å². The number of nitrogens with zero attached hydrogens (tertiary/aromatic N) is 2. The van der Waals surface area contributed by atoms with Crippen molar-refractivity contribution in [2.45, 2.75) is 32.0 Å². The fourth-order valence-corrected chi connectivity index (χ4v) is 3.67. The molecule has 0 aromatic heterocycles. The van der Waals surface area contributed by atoms with Crippen molar-refractivity contribution in [3.05, 3.63) is 59.7 Å². The van der Waals surface area contributed by atoms with Crippen LogP contribution in [0.1, 0.15) is 24.0 Å². The van der Waals surface area contributed by atoms with Gasteiger partial charge < -0.3 is 19.9 Å². The molecule has 0 radical (unpaired) electrons. The highest BCUT2D eigenvalue weighted by atomic mass is 16.5. The first kappa shape index (κ1) is 18.7. The zero-order valence-corrected chi connectivity index (χ0v) is 16.2. The molecule has 0 aliphatic carbocycles. The summed E-state index contributed by atoms with van der Waals surface area (Å²) in [6, 6.07) is 17.8. The fourth-order valence-electron chi connectivity index (χ4n) is 3.67. The van der Waals surface area contributed by atoms with Gasteiger partial charge in [0.25, 0.3) is 0 Å². The van der Waals surface area contributed by atoms with Crippen LogP contribution in [0.4, 0.5) is 11.4 Å². The van der Waals surface area contributed by atoms with E-state index in [9.17, 15) is 0 Å². The second kappa shape index (κ2) is 9.06. The number of piperidine rings is 1. The van der Waals surface area contributed by atoms with Crippen molar-refractivity contribution < 1.29 is 4.74 Å². The highest BCUT2D eigenvalue weighted by Crippen LogP contribution is 2.26. The summed E-state index contributed by atoms with van der Waals surface area (Å²) in [7, 11) is 6.18. The minimum Gasteiger partial charge on any atom is -0.381 e. The minimum atomic E-state index is 0.626. The SMILES string of the molecule is COCc1ccc(NCc2ccccc2N(C)C2CCN(C)CC2)cc1. The predicted molar refractivity (Wildman–Crippen MR) is 110 cm³/mol. The molecule has 2 aromatic rings. The predicted octanol–water partition coefficient (Wildman–Crippen LogP) is 3.98. The topological polar surface area (TPSA) is 27.7 Å². The van der Waals surface area contributed by atoms with E-state index in [1.807, 2.05) is 0 Å². The van der Waals surface area contributed by atoms with E-state index in [0.29, 0.717) is 12.6 Å². The van der Waals surface area contributed by atoms with Gasteiger partial charge in [0.15, 0.2) is 0 Å². The first-order chi connectivity index (χ1) is 12.7. The molecule has 0 saturated carbocycles. The third-order valence-electron chi connectivity index (χ3n) is 5.36. The summed E-state index contributed by atoms with van der Waals surface area (Å²) in [5.41, 5.74) is 5.02. The van der Waals surface area contributed by atoms with Crippen molar-refractivity contribution in [3.8, 4) is 0 Å². The van der Waals surface area contributed by atoms with Crippen molar-refractivity contribution in [2.75, 3.05) is 44.5 Å². The molecule has 0 spiro atoms. The van der Waals surface area contributed by atoms with Crippen molar-refractivity contribution in [3.63, 3.8) is 0 Å². The van der Waals surface area contributed by atoms with Crippen LogP contribution in [0.5, 0.6) is 0 Å². The lowest BCUT2D eigenvalue weighted by Crippen LogP contribution is -2.42. The van der Waals surface area contributed by atoms with Gasteiger partial charge in [-0.05, 0) is 62.3 Å². The van der Waals surface area contributed by atoms with E-state index < -0.39 is 0 Å². The summed E-state index contributed by atoms with van der Waals surface area (Å²) < 4.78 is 5.17. The second-order valence-electron chi connectivity index (χ2n) is 7.26. The Morgan fingerprint density at radius 1 is 1.08 bits per heavy atom. The van der Waals surface area contributed by atoms with Crippen LogP contribution in [-0.4, -0.2) is 45.2 Å². The Morgan fingerprint density at radius 3 is 2.46 bits per heavy atom. The molecular weight excluding hydrogens is 322 g/mol. The van der Waals surface area contributed by atoms with Gasteiger partial charge in [-0.25, -0.2) is 0 Å². The van der Waals surface area contributed by atoms with E-state index in [1.54, 1.807) is 7.11 Å². The summed E-state index contributed by atoms with van der Waals surface area (Å²) in [6.07, 6.45) is 2.46. The third kappa shape index (κ3) is 4.77. The maximum atomic E-state index is 5.17. The number of hydrogen-bond acceptors (Lipinski definition) is 4. The molecular formula is C22H31N3O. The van der Waals surface area contributed by atoms with Crippen LogP contribution in [0.2, 0.25) is 0 Å². The zero-order valence-electron chi connectivity index (χ0n) is 16.2. The first-order valence-electron chi connectivity index (χ1n) is 9.48. The molecule has 2 aromatic carbocycles. The number of methoxy groups -OCH3 is 1. The molecule has 1 fully saturated rings. The summed E-state index contributed by atoms with van der Waals surface area (Å²) in [4.78, 5) is 4.90. The summed E-state index contributed by atoms with van der Waals surface area (Å²) in [6.45, 7) is 3.85. The largest absolute Gasteiger partial charge is 0.381 e. The molecule has 0 atom stereocenters. The molecule has 0 unspecified atom stereocenters. The number of benzene rings is 2. The van der Waals surface area contributed by atoms with Gasteiger partial charge in [-0.2, -0.15) is 0 Å². The Kier molecular flexibility index (Phi) is 6.53. The monoisotopic (exact) mass is 353 g/mol. The maximum absolute atomic E-state index is 5.17. The van der Waals surface area contributed by atoms with Gasteiger partial charge in [-0.3, -0.25) is 0 Å². The van der Waals surface area contributed by atoms with E-state index >= 15 is 0 Å². The number of anilines is 2. The number of hydrogen-bond donors (Lipinski definition) is 1. The molecule has 1 aliphatic heterocycles. The molecule has 1 aliphatic rings. The normalized spacial score (nSPS) is 15.8. The molecule has 0 amide bonds. The third-order valence-corrected chi connectivity index (χ3v) is 5.36. The lowest BCUT2D eigenvalue weighted by molar-refractivity contribution is 0.185. The number of rotatable bonds is 7. The lowest BCUT2D eigenvalue weighted by atomic mass is 10.0. The second-order valence-corrected chi connectivity index (χ2v) is 7.26. The number of para-hydroxylation sites is 1. The molecule has 26 heavy (non-hydrogen) atoms. The standard InChI is InChI=1S/C22H31N3O/c1-24-14-12-21(13-15-24)25(2)22-7-5-4-6-19(22)16-23-20-10-8-18(9-11-20)17-26-3/h4-11,21,23H,12-17H2,1-3H3. The Bertz CT molecular complexity index is 678. The Balaban J connectivity index is 1.65. The smallest absolute Gasteiger partial charge is 0.0713 e. The molecule has 1 heterocycles. The Hall–Kier alpha value is -2.04. The van der Waals surface area contributed by atoms with Crippen molar-refractivity contribution >= 4 is 11.4 Å². The van der Waals surface area contributed by atoms with Gasteiger partial charge in [0.05, 0.1) is 6.61 Å². The van der Waals surface area contributed by atoms with Gasteiger partial charge in [0.1, 0.15) is 0 Å². The number of likely N-dealkylation sites (tertiary alicyclic amines) is 1. The molecule has 3 rings (SSSR count). The summed E-state index contributed by atoms with van der Waals surface area (Å²) in [5, 5.41) is 3.56. The molecule has 1 N–H and O–H groups in total. The van der Waals surface area contributed by atoms with Crippen molar-refractivity contribution in [1.82, 2.24) is 4.90 Å². The lowest BCUT2D eigenvalue weighted by Gasteiger charge is -2.37. The van der Waals surface area contributed by atoms with Crippen LogP contribution in [0.15, 0.2) is 48.5 Å². The van der Waals surface area contributed by atoms with Gasteiger partial charge >= 0.3 is 0 Å². The fraction of sp³-hybridized carbons (Fsp3) is 0.455. The first-order valence-corrected chi connectivity index (χ1v) is 9.48. The van der Waals surface area contributed by atoms with E-state index in [4.69, 9.17) is 4.74 Å². The van der Waals surface area contributed by atoms with Crippen molar-refractivity contribution in [2.24, 2.45) is 0 Å². The molecule has 4 nitrogen and oxygen atoms in total. The highest BCUT2D eigenvalue weighted by Gasteiger charge is 2.22. The average molecular weight is 354 g/mol. The van der Waals surface area contributed by atoms with Crippen LogP contribution in [-0.2, 0) is 17.9 Å². The quantitative estimate of drug-likeness (QED) is 0.815. The van der Waals surface area contributed by atoms with E-state index in [2.05, 4.69) is 77.7 Å². The maximum Gasteiger partial charge on any atom is 0.0713 e. The number of ether oxygens (including phenoxy) is 1. The van der Waals surface area contributed by atoms with Gasteiger partial charge in [-0.15, -0.1) is 0 Å². The Morgan fingerprint density at radius 2 is 1.77 bits per heavy atom. The minimum absolute atomic E-state index is 0.626. The van der Waals surface area contributed by atoms with Crippen LogP contribution < -0.4 is 10.2 Å². The number of nitrogens with one attached hydrogen (secondary N) is 1. The van der Waals surface area contributed by atoms with Crippen LogP contribution >= 0.6 is 0 Å². The van der Waals surface area contributed by atoms with Crippen molar-refractivity contribution in [1.29, 1.82) is 0 Å². The molecule has 0 bridgehead atoms. The molecule has 1 saturated heterocycles. The van der Waals surface area contributed by atoms with Gasteiger partial charge in [0, 0.05) is 38.1 Å². The summed E-state index contributed by atoms with van der Waals surface area (Å²) in [5.74, 6) is 0. The van der Waals surface area contributed by atoms with E-state index in [-0.39, 0.29) is 0 Å². The van der Waals surface area contributed by atoms with Crippen LogP contribution in [0.25, 0.3) is 0 Å². The summed E-state index contributed by atoms with van der Waals surface area (Å²) >= 11 is 0. The van der Waals surface area contributed by atoms with E-state index in [0.717, 1.165) is 12.2 Å². The van der Waals surface area contributed by atoms with Crippen LogP contribution in [0.3, 0.4) is 0 Å². The average Bonchev–Trinajstić information content (AvgIpc) is 2.68. The Labute approximate surface area is 157 Å².